The normalized spacial score (nSPS) is 24.5. The highest BCUT2D eigenvalue weighted by atomic mass is 31.2. The molecule has 42 heavy (non-hydrogen) atoms. The number of fused-ring (bicyclic) bond motifs is 1. The van der Waals surface area contributed by atoms with Crippen LogP contribution in [0.25, 0.3) is 10.8 Å². The Kier molecular flexibility index (Phi) is 9.28. The third-order valence-electron chi connectivity index (χ3n) is 6.39. The summed E-state index contributed by atoms with van der Waals surface area (Å²) in [5.41, 5.74) is -5.17. The van der Waals surface area contributed by atoms with Crippen molar-refractivity contribution in [1.29, 1.82) is 0 Å². The number of alkyl halides is 3. The lowest BCUT2D eigenvalue weighted by Crippen LogP contribution is -2.52. The Balaban J connectivity index is 1.68. The van der Waals surface area contributed by atoms with Gasteiger partial charge in [0.15, 0.2) is 18.0 Å². The average molecular weight is 615 g/mol. The molecule has 16 heteroatoms. The van der Waals surface area contributed by atoms with E-state index in [1.54, 1.807) is 50.2 Å². The van der Waals surface area contributed by atoms with E-state index in [0.717, 1.165) is 12.3 Å². The summed E-state index contributed by atoms with van der Waals surface area (Å²) < 4.78 is 80.1. The monoisotopic (exact) mass is 615 g/mol. The third kappa shape index (κ3) is 6.45. The zero-order valence-corrected chi connectivity index (χ0v) is 23.5. The summed E-state index contributed by atoms with van der Waals surface area (Å²) in [5.74, 6) is -0.870. The standard InChI is InChI=1S/C26H29F3N3O9P/c1-14(2)39-23(35)15(3)31-42(37,41-18-10-6-8-16-7-4-5-9-17(16)18)38-13-26(24(28)29)21(34)20(27)22(40-26)32-12-11-19(33)30-25(32)36/h4-12,14-15,20-22,24,34H,13H2,1-3H3,(H,31,37)(H,30,33,36). The van der Waals surface area contributed by atoms with Gasteiger partial charge in [-0.25, -0.2) is 22.5 Å². The molecule has 0 radical (unpaired) electrons. The molecule has 2 aromatic carbocycles. The van der Waals surface area contributed by atoms with Gasteiger partial charge in [-0.1, -0.05) is 36.4 Å². The molecule has 3 N–H and O–H groups in total. The van der Waals surface area contributed by atoms with E-state index in [0.29, 0.717) is 15.3 Å². The van der Waals surface area contributed by atoms with E-state index in [-0.39, 0.29) is 5.75 Å². The fraction of sp³-hybridized carbons (Fsp3) is 0.423. The number of hydrogen-bond donors (Lipinski definition) is 3. The topological polar surface area (TPSA) is 158 Å². The first-order valence-electron chi connectivity index (χ1n) is 12.8. The van der Waals surface area contributed by atoms with Crippen molar-refractivity contribution in [3.8, 4) is 5.75 Å². The Labute approximate surface area is 236 Å². The Morgan fingerprint density at radius 3 is 2.52 bits per heavy atom. The molecule has 12 nitrogen and oxygen atoms in total. The minimum atomic E-state index is -4.80. The van der Waals surface area contributed by atoms with Gasteiger partial charge in [0.2, 0.25) is 0 Å². The maximum Gasteiger partial charge on any atom is 0.459 e. The van der Waals surface area contributed by atoms with Crippen LogP contribution in [0.15, 0.2) is 64.3 Å². The van der Waals surface area contributed by atoms with Gasteiger partial charge in [-0.15, -0.1) is 0 Å². The molecular formula is C26H29F3N3O9P. The van der Waals surface area contributed by atoms with Crippen LogP contribution >= 0.6 is 7.75 Å². The molecule has 0 aliphatic carbocycles. The van der Waals surface area contributed by atoms with E-state index in [9.17, 15) is 32.8 Å². The zero-order valence-electron chi connectivity index (χ0n) is 22.6. The van der Waals surface area contributed by atoms with Crippen LogP contribution in [0.1, 0.15) is 27.0 Å². The molecule has 4 rings (SSSR count). The third-order valence-corrected chi connectivity index (χ3v) is 8.00. The van der Waals surface area contributed by atoms with Gasteiger partial charge in [-0.3, -0.25) is 23.7 Å². The summed E-state index contributed by atoms with van der Waals surface area (Å²) in [5, 5.41) is 14.1. The largest absolute Gasteiger partial charge is 0.462 e. The number of benzene rings is 2. The molecule has 6 unspecified atom stereocenters. The first-order chi connectivity index (χ1) is 19.8. The first-order valence-corrected chi connectivity index (χ1v) is 14.3. The number of carbonyl (C=O) groups excluding carboxylic acids is 1. The average Bonchev–Trinajstić information content (AvgIpc) is 3.18. The van der Waals surface area contributed by atoms with Crippen molar-refractivity contribution in [3.05, 3.63) is 75.6 Å². The molecule has 0 spiro atoms. The lowest BCUT2D eigenvalue weighted by molar-refractivity contribution is -0.192. The predicted octanol–water partition coefficient (Wildman–Crippen LogP) is 3.05. The number of carbonyl (C=O) groups is 1. The number of H-pyrrole nitrogens is 1. The van der Waals surface area contributed by atoms with Gasteiger partial charge in [-0.05, 0) is 32.2 Å². The van der Waals surface area contributed by atoms with E-state index in [2.05, 4.69) is 5.09 Å². The van der Waals surface area contributed by atoms with Crippen molar-refractivity contribution in [2.75, 3.05) is 6.61 Å². The molecule has 0 saturated carbocycles. The highest BCUT2D eigenvalue weighted by Crippen LogP contribution is 2.50. The molecule has 1 aliphatic rings. The van der Waals surface area contributed by atoms with Gasteiger partial charge >= 0.3 is 19.4 Å². The summed E-state index contributed by atoms with van der Waals surface area (Å²) in [4.78, 5) is 37.9. The van der Waals surface area contributed by atoms with E-state index in [1.807, 2.05) is 4.98 Å². The number of halogens is 3. The van der Waals surface area contributed by atoms with Crippen LogP contribution in [0.4, 0.5) is 13.2 Å². The summed E-state index contributed by atoms with van der Waals surface area (Å²) in [7, 11) is -4.80. The number of aromatic amines is 1. The number of aliphatic hydroxyl groups excluding tert-OH is 1. The molecule has 0 amide bonds. The Hall–Kier alpha value is -3.49. The highest BCUT2D eigenvalue weighted by molar-refractivity contribution is 7.52. The van der Waals surface area contributed by atoms with Crippen LogP contribution in [0, 0.1) is 0 Å². The Morgan fingerprint density at radius 2 is 1.86 bits per heavy atom. The van der Waals surface area contributed by atoms with Crippen LogP contribution in [0.2, 0.25) is 0 Å². The summed E-state index contributed by atoms with van der Waals surface area (Å²) >= 11 is 0. The van der Waals surface area contributed by atoms with Gasteiger partial charge in [0.05, 0.1) is 12.7 Å². The quantitative estimate of drug-likeness (QED) is 0.216. The maximum absolute atomic E-state index is 15.2. The van der Waals surface area contributed by atoms with Crippen LogP contribution in [-0.4, -0.2) is 63.7 Å². The first kappa shape index (κ1) is 31.4. The van der Waals surface area contributed by atoms with Crippen molar-refractivity contribution in [2.24, 2.45) is 0 Å². The van der Waals surface area contributed by atoms with Gasteiger partial charge in [0.25, 0.3) is 12.0 Å². The summed E-state index contributed by atoms with van der Waals surface area (Å²) in [6.07, 6.45) is -10.7. The molecule has 1 fully saturated rings. The van der Waals surface area contributed by atoms with Crippen molar-refractivity contribution < 1.29 is 46.2 Å². The molecule has 228 valence electrons. The summed E-state index contributed by atoms with van der Waals surface area (Å²) in [6.45, 7) is 3.01. The molecular weight excluding hydrogens is 586 g/mol. The van der Waals surface area contributed by atoms with Gasteiger partial charge < -0.3 is 19.1 Å². The van der Waals surface area contributed by atoms with Crippen LogP contribution in [0.3, 0.4) is 0 Å². The van der Waals surface area contributed by atoms with Gasteiger partial charge in [0.1, 0.15) is 17.9 Å². The molecule has 1 saturated heterocycles. The van der Waals surface area contributed by atoms with Crippen LogP contribution in [-0.2, 0) is 23.4 Å². The predicted molar refractivity (Wildman–Crippen MR) is 143 cm³/mol. The number of esters is 1. The number of rotatable bonds is 11. The second-order valence-corrected chi connectivity index (χ2v) is 11.5. The molecule has 6 atom stereocenters. The SMILES string of the molecule is CC(C)OC(=O)C(C)NP(=O)(OCC1(C(F)F)OC(n2ccc(=O)[nH]c2=O)C(F)C1O)Oc1cccc2ccccc12. The fourth-order valence-electron chi connectivity index (χ4n) is 4.29. The lowest BCUT2D eigenvalue weighted by atomic mass is 9.97. The minimum Gasteiger partial charge on any atom is -0.462 e. The fourth-order valence-corrected chi connectivity index (χ4v) is 5.84. The Bertz CT molecular complexity index is 1590. The lowest BCUT2D eigenvalue weighted by Gasteiger charge is -2.32. The van der Waals surface area contributed by atoms with Crippen molar-refractivity contribution in [1.82, 2.24) is 14.6 Å². The second-order valence-electron chi connectivity index (χ2n) is 9.85. The molecule has 0 bridgehead atoms. The van der Waals surface area contributed by atoms with Gasteiger partial charge in [-0.2, -0.15) is 5.09 Å². The number of nitrogens with one attached hydrogen (secondary N) is 2. The van der Waals surface area contributed by atoms with Crippen molar-refractivity contribution >= 4 is 24.5 Å². The number of nitrogens with zero attached hydrogens (tertiary/aromatic N) is 1. The Morgan fingerprint density at radius 1 is 1.17 bits per heavy atom. The van der Waals surface area contributed by atoms with E-state index in [4.69, 9.17) is 18.5 Å². The number of ether oxygens (including phenoxy) is 2. The molecule has 1 aromatic heterocycles. The second kappa shape index (κ2) is 12.4. The number of hydrogen-bond acceptors (Lipinski definition) is 9. The number of aliphatic hydroxyl groups is 1. The molecule has 1 aliphatic heterocycles. The van der Waals surface area contributed by atoms with E-state index < -0.39 is 74.2 Å². The van der Waals surface area contributed by atoms with Crippen LogP contribution in [0.5, 0.6) is 5.75 Å². The van der Waals surface area contributed by atoms with Crippen molar-refractivity contribution in [2.45, 2.75) is 63.4 Å². The molecule has 2 heterocycles. The van der Waals surface area contributed by atoms with Crippen LogP contribution < -0.4 is 20.9 Å². The van der Waals surface area contributed by atoms with E-state index in [1.165, 1.54) is 13.0 Å². The molecule has 3 aromatic rings. The maximum atomic E-state index is 15.2. The van der Waals surface area contributed by atoms with Gasteiger partial charge in [0, 0.05) is 17.6 Å². The van der Waals surface area contributed by atoms with E-state index >= 15 is 4.39 Å². The zero-order chi connectivity index (χ0) is 30.8. The number of aromatic nitrogens is 2. The minimum absolute atomic E-state index is 0.00613. The van der Waals surface area contributed by atoms with Crippen molar-refractivity contribution in [3.63, 3.8) is 0 Å². The smallest absolute Gasteiger partial charge is 0.459 e. The highest BCUT2D eigenvalue weighted by Gasteiger charge is 2.62. The summed E-state index contributed by atoms with van der Waals surface area (Å²) in [6, 6.07) is 11.0.